The molecule has 1 aromatic heterocycles. The van der Waals surface area contributed by atoms with Gasteiger partial charge in [-0.05, 0) is 37.6 Å². The van der Waals surface area contributed by atoms with Crippen LogP contribution in [0.1, 0.15) is 20.3 Å². The van der Waals surface area contributed by atoms with Gasteiger partial charge >= 0.3 is 0 Å². The smallest absolute Gasteiger partial charge is 0.262 e. The molecule has 0 saturated carbocycles. The van der Waals surface area contributed by atoms with Crippen molar-refractivity contribution in [3.8, 4) is 11.5 Å². The van der Waals surface area contributed by atoms with Crippen molar-refractivity contribution in [2.75, 3.05) is 12.1 Å². The van der Waals surface area contributed by atoms with Gasteiger partial charge in [-0.15, -0.1) is 0 Å². The lowest BCUT2D eigenvalue weighted by Gasteiger charge is -2.17. The number of benzene rings is 2. The van der Waals surface area contributed by atoms with Gasteiger partial charge in [0.15, 0.2) is 16.7 Å². The molecule has 1 amide bonds. The fourth-order valence-electron chi connectivity index (χ4n) is 3.16. The van der Waals surface area contributed by atoms with Crippen LogP contribution in [0.15, 0.2) is 52.4 Å². The van der Waals surface area contributed by atoms with Crippen LogP contribution in [-0.4, -0.2) is 27.5 Å². The summed E-state index contributed by atoms with van der Waals surface area (Å²) in [5, 5.41) is 3.65. The first-order valence-corrected chi connectivity index (χ1v) is 10.4. The Balaban J connectivity index is 1.58. The van der Waals surface area contributed by atoms with Gasteiger partial charge in [0.05, 0.1) is 16.2 Å². The zero-order chi connectivity index (χ0) is 20.4. The maximum absolute atomic E-state index is 12.9. The summed E-state index contributed by atoms with van der Waals surface area (Å²) in [5.74, 6) is 1.12. The van der Waals surface area contributed by atoms with Crippen LogP contribution in [0.2, 0.25) is 0 Å². The molecule has 0 bridgehead atoms. The van der Waals surface area contributed by atoms with Gasteiger partial charge in [-0.3, -0.25) is 14.2 Å². The Bertz CT molecular complexity index is 1130. The Labute approximate surface area is 172 Å². The number of amides is 1. The largest absolute Gasteiger partial charge is 0.454 e. The van der Waals surface area contributed by atoms with Crippen LogP contribution in [0.25, 0.3) is 10.9 Å². The van der Waals surface area contributed by atoms with E-state index in [0.717, 1.165) is 0 Å². The second-order valence-corrected chi connectivity index (χ2v) is 7.70. The number of carbonyl (C=O) groups excluding carboxylic acids is 1. The first-order chi connectivity index (χ1) is 14.1. The Kier molecular flexibility index (Phi) is 5.44. The van der Waals surface area contributed by atoms with Crippen molar-refractivity contribution in [2.45, 2.75) is 37.2 Å². The second kappa shape index (κ2) is 8.16. The minimum absolute atomic E-state index is 0.0911. The van der Waals surface area contributed by atoms with E-state index in [0.29, 0.717) is 46.2 Å². The summed E-state index contributed by atoms with van der Waals surface area (Å²) < 4.78 is 12.3. The van der Waals surface area contributed by atoms with Gasteiger partial charge in [0.1, 0.15) is 0 Å². The van der Waals surface area contributed by atoms with Gasteiger partial charge < -0.3 is 14.8 Å². The molecule has 0 spiro atoms. The van der Waals surface area contributed by atoms with Crippen molar-refractivity contribution >= 4 is 34.3 Å². The topological polar surface area (TPSA) is 82.5 Å². The number of fused-ring (bicyclic) bond motifs is 2. The summed E-state index contributed by atoms with van der Waals surface area (Å²) in [5.41, 5.74) is 1.18. The van der Waals surface area contributed by atoms with E-state index in [1.165, 1.54) is 11.8 Å². The van der Waals surface area contributed by atoms with Crippen molar-refractivity contribution < 1.29 is 14.3 Å². The Morgan fingerprint density at radius 2 is 2.00 bits per heavy atom. The Hall–Kier alpha value is -3.00. The minimum atomic E-state index is -0.397. The molecule has 0 radical (unpaired) electrons. The highest BCUT2D eigenvalue weighted by atomic mass is 32.2. The summed E-state index contributed by atoms with van der Waals surface area (Å²) in [6, 6.07) is 12.6. The molecule has 8 heteroatoms. The van der Waals surface area contributed by atoms with E-state index in [1.54, 1.807) is 28.8 Å². The third-order valence-electron chi connectivity index (χ3n) is 4.69. The first kappa shape index (κ1) is 19.3. The number of thioether (sulfide) groups is 1. The summed E-state index contributed by atoms with van der Waals surface area (Å²) in [6.07, 6.45) is 0.591. The van der Waals surface area contributed by atoms with Crippen molar-refractivity contribution in [2.24, 2.45) is 0 Å². The highest BCUT2D eigenvalue weighted by molar-refractivity contribution is 8.00. The molecule has 2 aromatic carbocycles. The first-order valence-electron chi connectivity index (χ1n) is 9.47. The summed E-state index contributed by atoms with van der Waals surface area (Å²) in [4.78, 5) is 30.3. The molecule has 1 aliphatic rings. The number of carbonyl (C=O) groups is 1. The van der Waals surface area contributed by atoms with Crippen LogP contribution in [0.3, 0.4) is 0 Å². The lowest BCUT2D eigenvalue weighted by molar-refractivity contribution is -0.115. The normalized spacial score (nSPS) is 13.4. The average Bonchev–Trinajstić information content (AvgIpc) is 3.20. The highest BCUT2D eigenvalue weighted by Crippen LogP contribution is 2.34. The van der Waals surface area contributed by atoms with Crippen LogP contribution in [-0.2, 0) is 11.3 Å². The Morgan fingerprint density at radius 3 is 2.79 bits per heavy atom. The van der Waals surface area contributed by atoms with Gasteiger partial charge in [0, 0.05) is 18.3 Å². The number of aromatic nitrogens is 2. The number of anilines is 1. The van der Waals surface area contributed by atoms with Crippen LogP contribution in [0.5, 0.6) is 11.5 Å². The standard InChI is InChI=1S/C21H21N3O4S/c1-3-18(19(25)22-13-9-10-16-17(11-13)28-12-27-16)29-21-23-15-8-6-5-7-14(15)20(26)24(21)4-2/h5-11,18H,3-4,12H2,1-2H3,(H,22,25). The van der Waals surface area contributed by atoms with E-state index < -0.39 is 5.25 Å². The summed E-state index contributed by atoms with van der Waals surface area (Å²) in [6.45, 7) is 4.50. The third kappa shape index (κ3) is 3.80. The molecule has 0 fully saturated rings. The zero-order valence-corrected chi connectivity index (χ0v) is 17.0. The molecule has 0 aliphatic carbocycles. The average molecular weight is 411 g/mol. The quantitative estimate of drug-likeness (QED) is 0.492. The highest BCUT2D eigenvalue weighted by Gasteiger charge is 2.22. The lowest BCUT2D eigenvalue weighted by atomic mass is 10.2. The molecule has 1 unspecified atom stereocenters. The van der Waals surface area contributed by atoms with Gasteiger partial charge in [0.25, 0.3) is 5.56 Å². The fraction of sp³-hybridized carbons (Fsp3) is 0.286. The number of hydrogen-bond acceptors (Lipinski definition) is 6. The predicted octanol–water partition coefficient (Wildman–Crippen LogP) is 3.65. The van der Waals surface area contributed by atoms with E-state index >= 15 is 0 Å². The maximum atomic E-state index is 12.9. The van der Waals surface area contributed by atoms with Crippen LogP contribution in [0, 0.1) is 0 Å². The molecule has 7 nitrogen and oxygen atoms in total. The molecule has 1 N–H and O–H groups in total. The molecular formula is C21H21N3O4S. The second-order valence-electron chi connectivity index (χ2n) is 6.53. The molecule has 4 rings (SSSR count). The van der Waals surface area contributed by atoms with Gasteiger partial charge in [0.2, 0.25) is 12.7 Å². The van der Waals surface area contributed by atoms with E-state index in [4.69, 9.17) is 9.47 Å². The minimum Gasteiger partial charge on any atom is -0.454 e. The maximum Gasteiger partial charge on any atom is 0.262 e. The summed E-state index contributed by atoms with van der Waals surface area (Å²) in [7, 11) is 0. The van der Waals surface area contributed by atoms with E-state index in [1.807, 2.05) is 32.0 Å². The van der Waals surface area contributed by atoms with E-state index in [-0.39, 0.29) is 18.3 Å². The van der Waals surface area contributed by atoms with Crippen molar-refractivity contribution in [1.29, 1.82) is 0 Å². The van der Waals surface area contributed by atoms with Gasteiger partial charge in [-0.25, -0.2) is 4.98 Å². The number of para-hydroxylation sites is 1. The molecule has 150 valence electrons. The molecule has 2 heterocycles. The lowest BCUT2D eigenvalue weighted by Crippen LogP contribution is -2.28. The van der Waals surface area contributed by atoms with Gasteiger partial charge in [-0.2, -0.15) is 0 Å². The molecule has 1 aliphatic heterocycles. The fourth-order valence-corrected chi connectivity index (χ4v) is 4.24. The Morgan fingerprint density at radius 1 is 1.21 bits per heavy atom. The van der Waals surface area contributed by atoms with E-state index in [9.17, 15) is 9.59 Å². The molecule has 29 heavy (non-hydrogen) atoms. The molecule has 3 aromatic rings. The van der Waals surface area contributed by atoms with E-state index in [2.05, 4.69) is 10.3 Å². The number of ether oxygens (including phenoxy) is 2. The van der Waals surface area contributed by atoms with Crippen molar-refractivity contribution in [1.82, 2.24) is 9.55 Å². The molecule has 0 saturated heterocycles. The molecule has 1 atom stereocenters. The van der Waals surface area contributed by atoms with Crippen LogP contribution >= 0.6 is 11.8 Å². The summed E-state index contributed by atoms with van der Waals surface area (Å²) >= 11 is 1.31. The zero-order valence-electron chi connectivity index (χ0n) is 16.2. The SMILES string of the molecule is CCC(Sc1nc2ccccc2c(=O)n1CC)C(=O)Nc1ccc2c(c1)OCO2. The van der Waals surface area contributed by atoms with Gasteiger partial charge in [-0.1, -0.05) is 30.8 Å². The third-order valence-corrected chi connectivity index (χ3v) is 6.05. The predicted molar refractivity (Wildman–Crippen MR) is 113 cm³/mol. The number of hydrogen-bond donors (Lipinski definition) is 1. The van der Waals surface area contributed by atoms with Crippen LogP contribution in [0.4, 0.5) is 5.69 Å². The van der Waals surface area contributed by atoms with Crippen LogP contribution < -0.4 is 20.3 Å². The number of nitrogens with zero attached hydrogens (tertiary/aromatic N) is 2. The number of rotatable bonds is 6. The van der Waals surface area contributed by atoms with Crippen molar-refractivity contribution in [3.63, 3.8) is 0 Å². The molecular weight excluding hydrogens is 390 g/mol. The number of nitrogens with one attached hydrogen (secondary N) is 1. The monoisotopic (exact) mass is 411 g/mol. The van der Waals surface area contributed by atoms with Crippen molar-refractivity contribution in [3.05, 3.63) is 52.8 Å².